The lowest BCUT2D eigenvalue weighted by Crippen LogP contribution is -2.38. The second kappa shape index (κ2) is 9.68. The number of rotatable bonds is 6. The van der Waals surface area contributed by atoms with Crippen molar-refractivity contribution in [2.24, 2.45) is 0 Å². The molecule has 2 amide bonds. The van der Waals surface area contributed by atoms with E-state index in [4.69, 9.17) is 4.74 Å². The van der Waals surface area contributed by atoms with Crippen LogP contribution < -0.4 is 4.74 Å². The molecule has 0 unspecified atom stereocenters. The van der Waals surface area contributed by atoms with Crippen LogP contribution >= 0.6 is 11.3 Å². The van der Waals surface area contributed by atoms with Crippen molar-refractivity contribution in [2.75, 3.05) is 32.8 Å². The molecule has 28 heavy (non-hydrogen) atoms. The molecule has 1 aliphatic heterocycles. The van der Waals surface area contributed by atoms with E-state index in [0.29, 0.717) is 45.6 Å². The van der Waals surface area contributed by atoms with Gasteiger partial charge in [-0.05, 0) is 38.0 Å². The summed E-state index contributed by atoms with van der Waals surface area (Å²) in [6.45, 7) is 7.06. The third-order valence-electron chi connectivity index (χ3n) is 4.79. The van der Waals surface area contributed by atoms with E-state index in [-0.39, 0.29) is 11.8 Å². The molecule has 1 aliphatic rings. The summed E-state index contributed by atoms with van der Waals surface area (Å²) in [5.74, 6) is 1.01. The number of benzene rings is 1. The third kappa shape index (κ3) is 5.55. The Bertz CT molecular complexity index is 803. The molecule has 0 spiro atoms. The lowest BCUT2D eigenvalue weighted by atomic mass is 10.1. The molecular weight excluding hydrogens is 374 g/mol. The summed E-state index contributed by atoms with van der Waals surface area (Å²) in [6, 6.07) is 7.67. The third-order valence-corrected chi connectivity index (χ3v) is 5.61. The van der Waals surface area contributed by atoms with Crippen molar-refractivity contribution in [3.63, 3.8) is 0 Å². The summed E-state index contributed by atoms with van der Waals surface area (Å²) in [5, 5.41) is 2.92. The highest BCUT2D eigenvalue weighted by Crippen LogP contribution is 2.15. The van der Waals surface area contributed by atoms with E-state index in [0.717, 1.165) is 28.4 Å². The lowest BCUT2D eigenvalue weighted by Gasteiger charge is -2.22. The summed E-state index contributed by atoms with van der Waals surface area (Å²) in [5.41, 5.74) is 1.81. The molecule has 2 aromatic rings. The SMILES string of the molecule is CCOc1ccc(CC(=O)N2CCCN(C(=O)Cc3csc(C)n3)CC2)cc1. The van der Waals surface area contributed by atoms with Crippen molar-refractivity contribution < 1.29 is 14.3 Å². The van der Waals surface area contributed by atoms with E-state index < -0.39 is 0 Å². The Morgan fingerprint density at radius 2 is 1.68 bits per heavy atom. The maximum absolute atomic E-state index is 12.7. The number of amides is 2. The molecule has 0 aliphatic carbocycles. The number of nitrogens with zero attached hydrogens (tertiary/aromatic N) is 3. The van der Waals surface area contributed by atoms with Crippen LogP contribution in [0.2, 0.25) is 0 Å². The minimum absolute atomic E-state index is 0.0890. The quantitative estimate of drug-likeness (QED) is 0.747. The summed E-state index contributed by atoms with van der Waals surface area (Å²) in [6.07, 6.45) is 1.51. The standard InChI is InChI=1S/C21H27N3O3S/c1-3-27-19-7-5-17(6-8-19)13-20(25)23-9-4-10-24(12-11-23)21(26)14-18-15-28-16(2)22-18/h5-8,15H,3-4,9-14H2,1-2H3. The van der Waals surface area contributed by atoms with Crippen LogP contribution in [0.25, 0.3) is 0 Å². The van der Waals surface area contributed by atoms with Gasteiger partial charge in [0.15, 0.2) is 0 Å². The fourth-order valence-electron chi connectivity index (χ4n) is 3.33. The second-order valence-electron chi connectivity index (χ2n) is 6.90. The minimum Gasteiger partial charge on any atom is -0.494 e. The average molecular weight is 402 g/mol. The van der Waals surface area contributed by atoms with Crippen LogP contribution in [-0.4, -0.2) is 59.4 Å². The number of hydrogen-bond acceptors (Lipinski definition) is 5. The number of carbonyl (C=O) groups excluding carboxylic acids is 2. The Labute approximate surface area is 170 Å². The first kappa shape index (κ1) is 20.3. The zero-order valence-electron chi connectivity index (χ0n) is 16.5. The fourth-order valence-corrected chi connectivity index (χ4v) is 3.94. The minimum atomic E-state index is 0.0890. The van der Waals surface area contributed by atoms with Crippen molar-refractivity contribution >= 4 is 23.2 Å². The Morgan fingerprint density at radius 1 is 1.04 bits per heavy atom. The molecule has 1 aromatic carbocycles. The molecule has 0 atom stereocenters. The maximum atomic E-state index is 12.7. The molecule has 150 valence electrons. The van der Waals surface area contributed by atoms with Crippen LogP contribution in [-0.2, 0) is 22.4 Å². The Morgan fingerprint density at radius 3 is 2.25 bits per heavy atom. The zero-order valence-corrected chi connectivity index (χ0v) is 17.3. The van der Waals surface area contributed by atoms with E-state index in [1.807, 2.05) is 53.3 Å². The van der Waals surface area contributed by atoms with Crippen LogP contribution in [0.5, 0.6) is 5.75 Å². The van der Waals surface area contributed by atoms with Crippen LogP contribution in [0.4, 0.5) is 0 Å². The Hall–Kier alpha value is -2.41. The summed E-state index contributed by atoms with van der Waals surface area (Å²) >= 11 is 1.56. The predicted molar refractivity (Wildman–Crippen MR) is 110 cm³/mol. The van der Waals surface area contributed by atoms with Crippen molar-refractivity contribution in [1.29, 1.82) is 0 Å². The van der Waals surface area contributed by atoms with Gasteiger partial charge < -0.3 is 14.5 Å². The fraction of sp³-hybridized carbons (Fsp3) is 0.476. The Kier molecular flexibility index (Phi) is 7.03. The smallest absolute Gasteiger partial charge is 0.228 e. The monoisotopic (exact) mass is 401 g/mol. The van der Waals surface area contributed by atoms with E-state index in [1.54, 1.807) is 11.3 Å². The number of aryl methyl sites for hydroxylation is 1. The van der Waals surface area contributed by atoms with Gasteiger partial charge in [-0.25, -0.2) is 4.98 Å². The molecule has 0 radical (unpaired) electrons. The molecule has 2 heterocycles. The predicted octanol–water partition coefficient (Wildman–Crippen LogP) is 2.70. The van der Waals surface area contributed by atoms with E-state index in [1.165, 1.54) is 0 Å². The van der Waals surface area contributed by atoms with Gasteiger partial charge in [-0.1, -0.05) is 12.1 Å². The van der Waals surface area contributed by atoms with E-state index in [2.05, 4.69) is 4.98 Å². The number of aromatic nitrogens is 1. The van der Waals surface area contributed by atoms with Crippen molar-refractivity contribution in [3.05, 3.63) is 45.9 Å². The van der Waals surface area contributed by atoms with Gasteiger partial charge in [0.05, 0.1) is 30.2 Å². The number of ether oxygens (including phenoxy) is 1. The van der Waals surface area contributed by atoms with Crippen LogP contribution in [0.3, 0.4) is 0 Å². The summed E-state index contributed by atoms with van der Waals surface area (Å²) < 4.78 is 5.44. The molecule has 0 bridgehead atoms. The lowest BCUT2D eigenvalue weighted by molar-refractivity contribution is -0.132. The van der Waals surface area contributed by atoms with Gasteiger partial charge in [-0.3, -0.25) is 9.59 Å². The van der Waals surface area contributed by atoms with Gasteiger partial charge in [-0.15, -0.1) is 11.3 Å². The number of hydrogen-bond donors (Lipinski definition) is 0. The van der Waals surface area contributed by atoms with Gasteiger partial charge in [0.1, 0.15) is 5.75 Å². The highest BCUT2D eigenvalue weighted by molar-refractivity contribution is 7.09. The largest absolute Gasteiger partial charge is 0.494 e. The highest BCUT2D eigenvalue weighted by Gasteiger charge is 2.22. The molecule has 1 aromatic heterocycles. The van der Waals surface area contributed by atoms with Gasteiger partial charge in [-0.2, -0.15) is 0 Å². The van der Waals surface area contributed by atoms with Crippen molar-refractivity contribution in [3.8, 4) is 5.75 Å². The van der Waals surface area contributed by atoms with E-state index >= 15 is 0 Å². The zero-order chi connectivity index (χ0) is 19.9. The number of thiazole rings is 1. The van der Waals surface area contributed by atoms with Gasteiger partial charge >= 0.3 is 0 Å². The summed E-state index contributed by atoms with van der Waals surface area (Å²) in [4.78, 5) is 33.3. The molecule has 0 saturated carbocycles. The molecular formula is C21H27N3O3S. The van der Waals surface area contributed by atoms with Gasteiger partial charge in [0.25, 0.3) is 0 Å². The number of carbonyl (C=O) groups is 2. The van der Waals surface area contributed by atoms with Gasteiger partial charge in [0, 0.05) is 31.6 Å². The Balaban J connectivity index is 1.51. The van der Waals surface area contributed by atoms with Gasteiger partial charge in [0.2, 0.25) is 11.8 Å². The van der Waals surface area contributed by atoms with Crippen LogP contribution in [0.1, 0.15) is 29.6 Å². The topological polar surface area (TPSA) is 62.7 Å². The maximum Gasteiger partial charge on any atom is 0.228 e. The second-order valence-corrected chi connectivity index (χ2v) is 7.97. The van der Waals surface area contributed by atoms with Crippen LogP contribution in [0.15, 0.2) is 29.6 Å². The molecule has 1 saturated heterocycles. The molecule has 1 fully saturated rings. The first-order valence-corrected chi connectivity index (χ1v) is 10.6. The first-order valence-electron chi connectivity index (χ1n) is 9.73. The summed E-state index contributed by atoms with van der Waals surface area (Å²) in [7, 11) is 0. The molecule has 6 nitrogen and oxygen atoms in total. The normalized spacial score (nSPS) is 14.6. The molecule has 7 heteroatoms. The van der Waals surface area contributed by atoms with E-state index in [9.17, 15) is 9.59 Å². The first-order chi connectivity index (χ1) is 13.5. The molecule has 3 rings (SSSR count). The van der Waals surface area contributed by atoms with Crippen LogP contribution in [0, 0.1) is 6.92 Å². The molecule has 0 N–H and O–H groups in total. The highest BCUT2D eigenvalue weighted by atomic mass is 32.1. The average Bonchev–Trinajstić information content (AvgIpc) is 2.93. The van der Waals surface area contributed by atoms with Crippen molar-refractivity contribution in [2.45, 2.75) is 33.1 Å². The van der Waals surface area contributed by atoms with Crippen molar-refractivity contribution in [1.82, 2.24) is 14.8 Å².